The molecule has 1 fully saturated rings. The maximum atomic E-state index is 5.81. The van der Waals surface area contributed by atoms with Gasteiger partial charge in [-0.25, -0.2) is 4.68 Å². The molecule has 2 aromatic carbocycles. The van der Waals surface area contributed by atoms with Crippen molar-refractivity contribution in [2.45, 2.75) is 6.10 Å². The maximum absolute atomic E-state index is 5.81. The highest BCUT2D eigenvalue weighted by atomic mass is 16.6. The molecule has 2 heterocycles. The molecule has 1 unspecified atom stereocenters. The van der Waals surface area contributed by atoms with Gasteiger partial charge in [0.05, 0.1) is 29.4 Å². The van der Waals surface area contributed by atoms with Crippen molar-refractivity contribution in [2.75, 3.05) is 13.2 Å². The Morgan fingerprint density at radius 2 is 2.00 bits per heavy atom. The quantitative estimate of drug-likeness (QED) is 0.682. The summed E-state index contributed by atoms with van der Waals surface area (Å²) in [5, 5.41) is 5.50. The van der Waals surface area contributed by atoms with E-state index >= 15 is 0 Å². The van der Waals surface area contributed by atoms with Crippen LogP contribution < -0.4 is 4.74 Å². The van der Waals surface area contributed by atoms with E-state index in [-0.39, 0.29) is 6.10 Å². The fraction of sp³-hybridized carbons (Fsp3) is 0.188. The van der Waals surface area contributed by atoms with Crippen molar-refractivity contribution in [3.8, 4) is 11.4 Å². The van der Waals surface area contributed by atoms with E-state index in [1.54, 1.807) is 0 Å². The molecule has 1 aliphatic heterocycles. The molecule has 0 spiro atoms. The first-order chi connectivity index (χ1) is 9.92. The summed E-state index contributed by atoms with van der Waals surface area (Å²) in [6, 6.07) is 16.1. The second-order valence-electron chi connectivity index (χ2n) is 4.85. The lowest BCUT2D eigenvalue weighted by Gasteiger charge is -2.06. The first-order valence-corrected chi connectivity index (χ1v) is 6.68. The van der Waals surface area contributed by atoms with Gasteiger partial charge in [-0.1, -0.05) is 24.3 Å². The summed E-state index contributed by atoms with van der Waals surface area (Å²) in [5.41, 5.74) is 2.09. The van der Waals surface area contributed by atoms with Crippen molar-refractivity contribution < 1.29 is 9.47 Å². The van der Waals surface area contributed by atoms with Gasteiger partial charge in [0.25, 0.3) is 0 Å². The zero-order valence-electron chi connectivity index (χ0n) is 10.9. The summed E-state index contributed by atoms with van der Waals surface area (Å²) in [6.45, 7) is 1.41. The molecule has 1 saturated heterocycles. The lowest BCUT2D eigenvalue weighted by molar-refractivity contribution is 0.265. The number of para-hydroxylation sites is 1. The molecule has 0 aliphatic carbocycles. The Kier molecular flexibility index (Phi) is 2.67. The average molecular weight is 266 g/mol. The summed E-state index contributed by atoms with van der Waals surface area (Å²) in [6.07, 6.45) is 2.11. The zero-order chi connectivity index (χ0) is 13.4. The molecule has 100 valence electrons. The van der Waals surface area contributed by atoms with E-state index in [1.807, 2.05) is 53.3 Å². The summed E-state index contributed by atoms with van der Waals surface area (Å²) < 4.78 is 12.9. The molecule has 1 atom stereocenters. The lowest BCUT2D eigenvalue weighted by Crippen LogP contribution is -2.04. The fourth-order valence-electron chi connectivity index (χ4n) is 2.27. The number of benzene rings is 2. The smallest absolute Gasteiger partial charge is 0.130 e. The van der Waals surface area contributed by atoms with Crippen LogP contribution in [0.5, 0.6) is 5.75 Å². The Morgan fingerprint density at radius 1 is 1.15 bits per heavy atom. The van der Waals surface area contributed by atoms with E-state index in [0.29, 0.717) is 6.61 Å². The largest absolute Gasteiger partial charge is 0.490 e. The van der Waals surface area contributed by atoms with E-state index in [4.69, 9.17) is 9.47 Å². The van der Waals surface area contributed by atoms with Crippen LogP contribution in [0.25, 0.3) is 16.6 Å². The van der Waals surface area contributed by atoms with Gasteiger partial charge >= 0.3 is 0 Å². The summed E-state index contributed by atoms with van der Waals surface area (Å²) in [5.74, 6) is 0.861. The van der Waals surface area contributed by atoms with E-state index in [2.05, 4.69) is 11.2 Å². The molecule has 0 N–H and O–H groups in total. The van der Waals surface area contributed by atoms with Crippen molar-refractivity contribution in [3.63, 3.8) is 0 Å². The standard InChI is InChI=1S/C16H14N2O2/c1-2-5-12(6-3-1)18-15-7-4-8-16(14(15)9-17-18)20-11-13-10-19-13/h1-9,13H,10-11H2. The van der Waals surface area contributed by atoms with Gasteiger partial charge in [-0.3, -0.25) is 0 Å². The molecule has 0 saturated carbocycles. The third kappa shape index (κ3) is 2.04. The summed E-state index contributed by atoms with van der Waals surface area (Å²) in [7, 11) is 0. The second kappa shape index (κ2) is 4.65. The molecule has 1 aromatic heterocycles. The van der Waals surface area contributed by atoms with Crippen molar-refractivity contribution in [1.82, 2.24) is 9.78 Å². The number of aromatic nitrogens is 2. The minimum atomic E-state index is 0.259. The maximum Gasteiger partial charge on any atom is 0.130 e. The van der Waals surface area contributed by atoms with Gasteiger partial charge < -0.3 is 9.47 Å². The Bertz CT molecular complexity index is 733. The molecular formula is C16H14N2O2. The van der Waals surface area contributed by atoms with Crippen LogP contribution >= 0.6 is 0 Å². The van der Waals surface area contributed by atoms with Gasteiger partial charge in [-0.05, 0) is 24.3 Å². The van der Waals surface area contributed by atoms with Crippen molar-refractivity contribution >= 4 is 10.9 Å². The van der Waals surface area contributed by atoms with Crippen LogP contribution in [-0.4, -0.2) is 29.1 Å². The molecule has 0 amide bonds. The molecule has 4 nitrogen and oxygen atoms in total. The number of hydrogen-bond acceptors (Lipinski definition) is 3. The average Bonchev–Trinajstić information content (AvgIpc) is 3.23. The lowest BCUT2D eigenvalue weighted by atomic mass is 10.2. The molecule has 0 bridgehead atoms. The third-order valence-corrected chi connectivity index (χ3v) is 3.40. The molecule has 20 heavy (non-hydrogen) atoms. The molecular weight excluding hydrogens is 252 g/mol. The topological polar surface area (TPSA) is 39.6 Å². The van der Waals surface area contributed by atoms with E-state index in [1.165, 1.54) is 0 Å². The first kappa shape index (κ1) is 11.5. The van der Waals surface area contributed by atoms with Crippen LogP contribution in [0.3, 0.4) is 0 Å². The van der Waals surface area contributed by atoms with Gasteiger partial charge in [-0.15, -0.1) is 0 Å². The number of epoxide rings is 1. The van der Waals surface area contributed by atoms with Crippen LogP contribution in [0.1, 0.15) is 0 Å². The van der Waals surface area contributed by atoms with E-state index in [0.717, 1.165) is 28.9 Å². The Hall–Kier alpha value is -2.33. The predicted molar refractivity (Wildman–Crippen MR) is 76.3 cm³/mol. The first-order valence-electron chi connectivity index (χ1n) is 6.68. The molecule has 3 aromatic rings. The zero-order valence-corrected chi connectivity index (χ0v) is 10.9. The van der Waals surface area contributed by atoms with Crippen molar-refractivity contribution in [1.29, 1.82) is 0 Å². The van der Waals surface area contributed by atoms with Crippen LogP contribution in [0, 0.1) is 0 Å². The van der Waals surface area contributed by atoms with E-state index < -0.39 is 0 Å². The second-order valence-corrected chi connectivity index (χ2v) is 4.85. The minimum Gasteiger partial charge on any atom is -0.490 e. The highest BCUT2D eigenvalue weighted by Crippen LogP contribution is 2.27. The summed E-state index contributed by atoms with van der Waals surface area (Å²) in [4.78, 5) is 0. The highest BCUT2D eigenvalue weighted by Gasteiger charge is 2.23. The number of fused-ring (bicyclic) bond motifs is 1. The minimum absolute atomic E-state index is 0.259. The van der Waals surface area contributed by atoms with Crippen LogP contribution in [0.15, 0.2) is 54.7 Å². The van der Waals surface area contributed by atoms with Gasteiger partial charge in [0.15, 0.2) is 0 Å². The van der Waals surface area contributed by atoms with Crippen LogP contribution in [-0.2, 0) is 4.74 Å². The van der Waals surface area contributed by atoms with Gasteiger partial charge in [0, 0.05) is 0 Å². The van der Waals surface area contributed by atoms with Crippen molar-refractivity contribution in [2.24, 2.45) is 0 Å². The Morgan fingerprint density at radius 3 is 2.80 bits per heavy atom. The SMILES string of the molecule is c1ccc(-n2ncc3c(OCC4CO4)cccc32)cc1. The molecule has 1 aliphatic rings. The van der Waals surface area contributed by atoms with Crippen LogP contribution in [0.4, 0.5) is 0 Å². The van der Waals surface area contributed by atoms with Gasteiger partial charge in [-0.2, -0.15) is 5.10 Å². The summed E-state index contributed by atoms with van der Waals surface area (Å²) >= 11 is 0. The molecule has 4 rings (SSSR count). The van der Waals surface area contributed by atoms with E-state index in [9.17, 15) is 0 Å². The Balaban J connectivity index is 1.75. The highest BCUT2D eigenvalue weighted by molar-refractivity contribution is 5.86. The number of ether oxygens (including phenoxy) is 2. The normalized spacial score (nSPS) is 17.3. The number of rotatable bonds is 4. The fourth-order valence-corrected chi connectivity index (χ4v) is 2.27. The van der Waals surface area contributed by atoms with Crippen molar-refractivity contribution in [3.05, 3.63) is 54.7 Å². The molecule has 0 radical (unpaired) electrons. The monoisotopic (exact) mass is 266 g/mol. The number of nitrogens with zero attached hydrogens (tertiary/aromatic N) is 2. The van der Waals surface area contributed by atoms with Crippen LogP contribution in [0.2, 0.25) is 0 Å². The van der Waals surface area contributed by atoms with Gasteiger partial charge in [0.1, 0.15) is 18.5 Å². The Labute approximate surface area is 116 Å². The number of hydrogen-bond donors (Lipinski definition) is 0. The predicted octanol–water partition coefficient (Wildman–Crippen LogP) is 2.80. The third-order valence-electron chi connectivity index (χ3n) is 3.40. The van der Waals surface area contributed by atoms with Gasteiger partial charge in [0.2, 0.25) is 0 Å². The molecule has 4 heteroatoms.